The second-order valence-electron chi connectivity index (χ2n) is 6.91. The molecule has 9 heteroatoms. The van der Waals surface area contributed by atoms with Crippen molar-refractivity contribution < 1.29 is 23.5 Å². The Morgan fingerprint density at radius 3 is 2.78 bits per heavy atom. The highest BCUT2D eigenvalue weighted by molar-refractivity contribution is 7.15. The predicted molar refractivity (Wildman–Crippen MR) is 97.0 cm³/mol. The lowest BCUT2D eigenvalue weighted by Gasteiger charge is -2.19. The average molecular weight is 395 g/mol. The molecule has 2 amide bonds. The molecule has 2 N–H and O–H groups in total. The highest BCUT2D eigenvalue weighted by atomic mass is 32.1. The molecule has 0 spiro atoms. The van der Waals surface area contributed by atoms with Gasteiger partial charge in [0.25, 0.3) is 0 Å². The molecular formula is C18H19F2N3O3S. The lowest BCUT2D eigenvalue weighted by Crippen LogP contribution is -2.37. The number of amides is 2. The molecule has 1 aliphatic rings. The van der Waals surface area contributed by atoms with Gasteiger partial charge in [0, 0.05) is 30.5 Å². The van der Waals surface area contributed by atoms with Crippen molar-refractivity contribution in [3.8, 4) is 0 Å². The number of halogens is 2. The second kappa shape index (κ2) is 7.22. The van der Waals surface area contributed by atoms with Crippen molar-refractivity contribution >= 4 is 28.5 Å². The fourth-order valence-electron chi connectivity index (χ4n) is 2.96. The van der Waals surface area contributed by atoms with E-state index in [0.29, 0.717) is 29.4 Å². The number of anilines is 1. The van der Waals surface area contributed by atoms with Crippen LogP contribution in [0.25, 0.3) is 0 Å². The van der Waals surface area contributed by atoms with E-state index >= 15 is 0 Å². The van der Waals surface area contributed by atoms with Crippen molar-refractivity contribution in [3.63, 3.8) is 0 Å². The summed E-state index contributed by atoms with van der Waals surface area (Å²) in [6.07, 6.45) is 0.633. The Bertz CT molecular complexity index is 902. The zero-order valence-corrected chi connectivity index (χ0v) is 15.7. The summed E-state index contributed by atoms with van der Waals surface area (Å²) in [5.41, 5.74) is 0.0510. The first kappa shape index (κ1) is 19.2. The van der Waals surface area contributed by atoms with E-state index in [1.807, 2.05) is 0 Å². The Kier molecular flexibility index (Phi) is 5.14. The largest absolute Gasteiger partial charge is 0.481 e. The van der Waals surface area contributed by atoms with Crippen LogP contribution in [0.4, 0.5) is 18.7 Å². The van der Waals surface area contributed by atoms with Gasteiger partial charge < -0.3 is 10.0 Å². The second-order valence-corrected chi connectivity index (χ2v) is 7.99. The molecule has 1 aromatic carbocycles. The van der Waals surface area contributed by atoms with Crippen LogP contribution in [0.5, 0.6) is 0 Å². The molecule has 2 heterocycles. The van der Waals surface area contributed by atoms with Gasteiger partial charge in [-0.2, -0.15) is 0 Å². The quantitative estimate of drug-likeness (QED) is 0.828. The Balaban J connectivity index is 1.68. The molecule has 0 saturated carbocycles. The number of nitrogens with one attached hydrogen (secondary N) is 1. The minimum atomic E-state index is -0.943. The Hall–Kier alpha value is -2.55. The standard InChI is InChI=1S/C18H19F2N3O3S/c1-10-14(7-11-3-4-12(19)8-13(11)20)27-16(21-10)22-17(26)23-6-5-18(2,9-23)15(24)25/h3-4,8H,5-7,9H2,1-2H3,(H,24,25)(H,21,22,26). The van der Waals surface area contributed by atoms with E-state index in [1.165, 1.54) is 28.4 Å². The number of likely N-dealkylation sites (tertiary alicyclic amines) is 1. The van der Waals surface area contributed by atoms with Gasteiger partial charge in [0.2, 0.25) is 0 Å². The molecule has 1 aromatic heterocycles. The van der Waals surface area contributed by atoms with E-state index in [1.54, 1.807) is 13.8 Å². The highest BCUT2D eigenvalue weighted by Gasteiger charge is 2.42. The number of carboxylic acid groups (broad SMARTS) is 1. The van der Waals surface area contributed by atoms with E-state index in [4.69, 9.17) is 0 Å². The van der Waals surface area contributed by atoms with Crippen LogP contribution in [-0.4, -0.2) is 40.1 Å². The average Bonchev–Trinajstić information content (AvgIpc) is 3.14. The summed E-state index contributed by atoms with van der Waals surface area (Å²) in [5.74, 6) is -2.19. The summed E-state index contributed by atoms with van der Waals surface area (Å²) in [6, 6.07) is 3.01. The Labute approximate surface area is 158 Å². The van der Waals surface area contributed by atoms with Crippen LogP contribution in [0.3, 0.4) is 0 Å². The SMILES string of the molecule is Cc1nc(NC(=O)N2CCC(C)(C(=O)O)C2)sc1Cc1ccc(F)cc1F. The van der Waals surface area contributed by atoms with Gasteiger partial charge in [-0.25, -0.2) is 18.6 Å². The van der Waals surface area contributed by atoms with E-state index in [9.17, 15) is 23.5 Å². The molecule has 0 aliphatic carbocycles. The van der Waals surface area contributed by atoms with Crippen LogP contribution < -0.4 is 5.32 Å². The fourth-order valence-corrected chi connectivity index (χ4v) is 3.94. The summed E-state index contributed by atoms with van der Waals surface area (Å²) >= 11 is 1.21. The Morgan fingerprint density at radius 2 is 2.15 bits per heavy atom. The van der Waals surface area contributed by atoms with Crippen LogP contribution in [0.15, 0.2) is 18.2 Å². The third-order valence-corrected chi connectivity index (χ3v) is 5.82. The third-order valence-electron chi connectivity index (χ3n) is 4.75. The van der Waals surface area contributed by atoms with Crippen LogP contribution in [0, 0.1) is 24.0 Å². The number of rotatable bonds is 4. The first-order valence-electron chi connectivity index (χ1n) is 8.37. The summed E-state index contributed by atoms with van der Waals surface area (Å²) < 4.78 is 26.9. The molecule has 0 radical (unpaired) electrons. The van der Waals surface area contributed by atoms with E-state index < -0.39 is 29.0 Å². The van der Waals surface area contributed by atoms with Gasteiger partial charge in [0.1, 0.15) is 11.6 Å². The number of carbonyl (C=O) groups is 2. The van der Waals surface area contributed by atoms with Crippen LogP contribution in [-0.2, 0) is 11.2 Å². The van der Waals surface area contributed by atoms with Crippen LogP contribution in [0.1, 0.15) is 29.5 Å². The number of hydrogen-bond acceptors (Lipinski definition) is 4. The molecular weight excluding hydrogens is 376 g/mol. The first-order valence-corrected chi connectivity index (χ1v) is 9.19. The monoisotopic (exact) mass is 395 g/mol. The number of aromatic nitrogens is 1. The number of nitrogens with zero attached hydrogens (tertiary/aromatic N) is 2. The number of aryl methyl sites for hydroxylation is 1. The summed E-state index contributed by atoms with van der Waals surface area (Å²) in [7, 11) is 0. The zero-order valence-electron chi connectivity index (χ0n) is 14.9. The molecule has 6 nitrogen and oxygen atoms in total. The molecule has 3 rings (SSSR count). The summed E-state index contributed by atoms with van der Waals surface area (Å²) in [4.78, 5) is 30.2. The number of hydrogen-bond donors (Lipinski definition) is 2. The van der Waals surface area contributed by atoms with Crippen molar-refractivity contribution in [2.24, 2.45) is 5.41 Å². The van der Waals surface area contributed by atoms with Crippen LogP contribution >= 0.6 is 11.3 Å². The fraction of sp³-hybridized carbons (Fsp3) is 0.389. The van der Waals surface area contributed by atoms with Gasteiger partial charge in [-0.15, -0.1) is 11.3 Å². The first-order chi connectivity index (χ1) is 12.7. The third kappa shape index (κ3) is 4.08. The number of urea groups is 1. The maximum Gasteiger partial charge on any atom is 0.323 e. The van der Waals surface area contributed by atoms with Gasteiger partial charge in [0.05, 0.1) is 11.1 Å². The van der Waals surface area contributed by atoms with Gasteiger partial charge in [-0.05, 0) is 31.9 Å². The zero-order chi connectivity index (χ0) is 19.8. The van der Waals surface area contributed by atoms with Crippen molar-refractivity contribution in [3.05, 3.63) is 46.0 Å². The molecule has 144 valence electrons. The minimum Gasteiger partial charge on any atom is -0.481 e. The lowest BCUT2D eigenvalue weighted by molar-refractivity contribution is -0.146. The minimum absolute atomic E-state index is 0.131. The van der Waals surface area contributed by atoms with Gasteiger partial charge >= 0.3 is 12.0 Å². The molecule has 1 saturated heterocycles. The summed E-state index contributed by atoms with van der Waals surface area (Å²) in [5, 5.41) is 12.3. The Morgan fingerprint density at radius 1 is 1.41 bits per heavy atom. The van der Waals surface area contributed by atoms with E-state index in [2.05, 4.69) is 10.3 Å². The van der Waals surface area contributed by atoms with Crippen molar-refractivity contribution in [2.75, 3.05) is 18.4 Å². The number of aliphatic carboxylic acids is 1. The summed E-state index contributed by atoms with van der Waals surface area (Å²) in [6.45, 7) is 3.85. The lowest BCUT2D eigenvalue weighted by atomic mass is 9.90. The number of benzene rings is 1. The molecule has 1 fully saturated rings. The topological polar surface area (TPSA) is 82.5 Å². The molecule has 1 atom stereocenters. The highest BCUT2D eigenvalue weighted by Crippen LogP contribution is 2.31. The number of carboxylic acids is 1. The molecule has 0 bridgehead atoms. The molecule has 1 aliphatic heterocycles. The number of carbonyl (C=O) groups excluding carboxylic acids is 1. The number of thiazole rings is 1. The molecule has 2 aromatic rings. The van der Waals surface area contributed by atoms with Gasteiger partial charge in [-0.3, -0.25) is 10.1 Å². The van der Waals surface area contributed by atoms with Crippen molar-refractivity contribution in [2.45, 2.75) is 26.7 Å². The normalized spacial score (nSPS) is 19.3. The maximum atomic E-state index is 13.8. The van der Waals surface area contributed by atoms with E-state index in [0.717, 1.165) is 10.9 Å². The smallest absolute Gasteiger partial charge is 0.323 e. The van der Waals surface area contributed by atoms with Gasteiger partial charge in [0.15, 0.2) is 5.13 Å². The van der Waals surface area contributed by atoms with Crippen molar-refractivity contribution in [1.82, 2.24) is 9.88 Å². The van der Waals surface area contributed by atoms with Gasteiger partial charge in [-0.1, -0.05) is 6.07 Å². The maximum absolute atomic E-state index is 13.8. The van der Waals surface area contributed by atoms with Crippen LogP contribution in [0.2, 0.25) is 0 Å². The predicted octanol–water partition coefficient (Wildman–Crippen LogP) is 3.65. The molecule has 1 unspecified atom stereocenters. The van der Waals surface area contributed by atoms with E-state index in [-0.39, 0.29) is 13.0 Å². The van der Waals surface area contributed by atoms with Crippen molar-refractivity contribution in [1.29, 1.82) is 0 Å². The molecule has 27 heavy (non-hydrogen) atoms.